The topological polar surface area (TPSA) is 17.1 Å². The number of fused-ring (bicyclic) bond motifs is 2. The highest BCUT2D eigenvalue weighted by Gasteiger charge is 2.30. The molecule has 0 amide bonds. The number of benzene rings is 3. The molecule has 1 nitrogen and oxygen atoms in total. The van der Waals surface area contributed by atoms with Gasteiger partial charge in [0.25, 0.3) is 0 Å². The quantitative estimate of drug-likeness (QED) is 0.624. The van der Waals surface area contributed by atoms with Gasteiger partial charge in [-0.15, -0.1) is 11.8 Å². The fourth-order valence-corrected chi connectivity index (χ4v) is 4.24. The molecule has 0 N–H and O–H groups in total. The van der Waals surface area contributed by atoms with Crippen molar-refractivity contribution in [1.29, 1.82) is 0 Å². The second kappa shape index (κ2) is 5.05. The number of rotatable bonds is 2. The number of thioether (sulfide) groups is 1. The number of carbonyl (C=O) groups is 1. The van der Waals surface area contributed by atoms with Gasteiger partial charge in [0.15, 0.2) is 5.78 Å². The smallest absolute Gasteiger partial charge is 0.171 e. The van der Waals surface area contributed by atoms with Crippen molar-refractivity contribution < 1.29 is 4.79 Å². The van der Waals surface area contributed by atoms with Gasteiger partial charge < -0.3 is 0 Å². The van der Waals surface area contributed by atoms with Gasteiger partial charge in [-0.25, -0.2) is 0 Å². The molecule has 1 aliphatic heterocycles. The summed E-state index contributed by atoms with van der Waals surface area (Å²) in [4.78, 5) is 14.3. The summed E-state index contributed by atoms with van der Waals surface area (Å²) >= 11 is 1.78. The van der Waals surface area contributed by atoms with Gasteiger partial charge >= 0.3 is 0 Å². The zero-order chi connectivity index (χ0) is 14.2. The number of carbonyl (C=O) groups excluding carboxylic acids is 1. The summed E-state index contributed by atoms with van der Waals surface area (Å²) in [5, 5.41) is 2.18. The largest absolute Gasteiger partial charge is 0.293 e. The van der Waals surface area contributed by atoms with Crippen molar-refractivity contribution in [3.8, 4) is 0 Å². The van der Waals surface area contributed by atoms with E-state index >= 15 is 0 Å². The van der Waals surface area contributed by atoms with E-state index in [0.29, 0.717) is 0 Å². The summed E-state index contributed by atoms with van der Waals surface area (Å²) in [5.41, 5.74) is 2.02. The van der Waals surface area contributed by atoms with Crippen molar-refractivity contribution in [1.82, 2.24) is 0 Å². The van der Waals surface area contributed by atoms with Crippen LogP contribution in [0.15, 0.2) is 71.6 Å². The van der Waals surface area contributed by atoms with Gasteiger partial charge in [0.1, 0.15) is 0 Å². The Morgan fingerprint density at radius 1 is 0.905 bits per heavy atom. The lowest BCUT2D eigenvalue weighted by Gasteiger charge is -2.12. The van der Waals surface area contributed by atoms with Crippen LogP contribution in [0.25, 0.3) is 10.8 Å². The molecular weight excluding hydrogens is 276 g/mol. The maximum atomic E-state index is 13.0. The van der Waals surface area contributed by atoms with Gasteiger partial charge in [-0.05, 0) is 22.4 Å². The third-order valence-electron chi connectivity index (χ3n) is 4.07. The molecule has 0 radical (unpaired) electrons. The van der Waals surface area contributed by atoms with Gasteiger partial charge in [0.05, 0.1) is 5.92 Å². The van der Waals surface area contributed by atoms with Gasteiger partial charge in [-0.1, -0.05) is 60.7 Å². The Hall–Kier alpha value is -2.06. The second-order valence-electron chi connectivity index (χ2n) is 5.29. The molecule has 102 valence electrons. The summed E-state index contributed by atoms with van der Waals surface area (Å²) in [6, 6.07) is 22.3. The first kappa shape index (κ1) is 12.7. The average Bonchev–Trinajstić information content (AvgIpc) is 2.98. The second-order valence-corrected chi connectivity index (χ2v) is 6.35. The Balaban J connectivity index is 1.82. The molecule has 3 aromatic rings. The summed E-state index contributed by atoms with van der Waals surface area (Å²) in [6.07, 6.45) is 0. The minimum atomic E-state index is -0.0167. The standard InChI is InChI=1S/C19H14OS/c20-19(17-12-21-18-11-4-3-9-15(17)18)16-10-5-7-13-6-1-2-8-14(13)16/h1-11,17H,12H2. The summed E-state index contributed by atoms with van der Waals surface area (Å²) < 4.78 is 0. The molecular formula is C19H14OS. The van der Waals surface area contributed by atoms with E-state index in [9.17, 15) is 4.79 Å². The molecule has 4 rings (SSSR count). The minimum Gasteiger partial charge on any atom is -0.293 e. The zero-order valence-electron chi connectivity index (χ0n) is 11.5. The zero-order valence-corrected chi connectivity index (χ0v) is 12.3. The fourth-order valence-electron chi connectivity index (χ4n) is 3.01. The predicted octanol–water partition coefficient (Wildman–Crippen LogP) is 4.91. The Bertz CT molecular complexity index is 832. The van der Waals surface area contributed by atoms with E-state index in [1.807, 2.05) is 42.5 Å². The van der Waals surface area contributed by atoms with Gasteiger partial charge in [-0.3, -0.25) is 4.79 Å². The average molecular weight is 290 g/mol. The van der Waals surface area contributed by atoms with E-state index in [-0.39, 0.29) is 11.7 Å². The lowest BCUT2D eigenvalue weighted by atomic mass is 9.90. The SMILES string of the molecule is O=C(c1cccc2ccccc12)C1CSc2ccccc21. The van der Waals surface area contributed by atoms with Crippen LogP contribution in [0.4, 0.5) is 0 Å². The van der Waals surface area contributed by atoms with Gasteiger partial charge in [0.2, 0.25) is 0 Å². The lowest BCUT2D eigenvalue weighted by molar-refractivity contribution is 0.0970. The molecule has 1 unspecified atom stereocenters. The van der Waals surface area contributed by atoms with Crippen LogP contribution in [0.2, 0.25) is 0 Å². The molecule has 0 saturated carbocycles. The lowest BCUT2D eigenvalue weighted by Crippen LogP contribution is -2.12. The number of ketones is 1. The third kappa shape index (κ3) is 2.07. The van der Waals surface area contributed by atoms with E-state index < -0.39 is 0 Å². The van der Waals surface area contributed by atoms with Crippen LogP contribution in [0.5, 0.6) is 0 Å². The maximum absolute atomic E-state index is 13.0. The summed E-state index contributed by atoms with van der Waals surface area (Å²) in [7, 11) is 0. The molecule has 0 aromatic heterocycles. The molecule has 1 atom stereocenters. The van der Waals surface area contributed by atoms with E-state index in [0.717, 1.165) is 22.1 Å². The summed E-state index contributed by atoms with van der Waals surface area (Å²) in [5.74, 6) is 1.07. The Morgan fingerprint density at radius 3 is 2.62 bits per heavy atom. The monoisotopic (exact) mass is 290 g/mol. The predicted molar refractivity (Wildman–Crippen MR) is 88.2 cm³/mol. The van der Waals surface area contributed by atoms with Crippen LogP contribution in [-0.2, 0) is 0 Å². The Morgan fingerprint density at radius 2 is 1.67 bits per heavy atom. The van der Waals surface area contributed by atoms with Crippen molar-refractivity contribution >= 4 is 28.3 Å². The Labute approximate surface area is 128 Å². The first-order valence-electron chi connectivity index (χ1n) is 7.08. The molecule has 1 aliphatic rings. The number of hydrogen-bond donors (Lipinski definition) is 0. The normalized spacial score (nSPS) is 16.9. The van der Waals surface area contributed by atoms with E-state index in [2.05, 4.69) is 24.3 Å². The highest BCUT2D eigenvalue weighted by atomic mass is 32.2. The molecule has 0 spiro atoms. The van der Waals surface area contributed by atoms with Gasteiger partial charge in [-0.2, -0.15) is 0 Å². The first-order chi connectivity index (χ1) is 10.3. The van der Waals surface area contributed by atoms with Crippen LogP contribution in [0.3, 0.4) is 0 Å². The molecule has 0 fully saturated rings. The van der Waals surface area contributed by atoms with Crippen LogP contribution < -0.4 is 0 Å². The molecule has 21 heavy (non-hydrogen) atoms. The van der Waals surface area contributed by atoms with Crippen LogP contribution in [0.1, 0.15) is 21.8 Å². The molecule has 0 bridgehead atoms. The fraction of sp³-hybridized carbons (Fsp3) is 0.105. The first-order valence-corrected chi connectivity index (χ1v) is 8.07. The molecule has 1 heterocycles. The van der Waals surface area contributed by atoms with E-state index in [1.165, 1.54) is 10.5 Å². The van der Waals surface area contributed by atoms with E-state index in [1.54, 1.807) is 11.8 Å². The summed E-state index contributed by atoms with van der Waals surface area (Å²) in [6.45, 7) is 0. The van der Waals surface area contributed by atoms with Crippen LogP contribution >= 0.6 is 11.8 Å². The van der Waals surface area contributed by atoms with Crippen molar-refractivity contribution in [2.75, 3.05) is 5.75 Å². The number of Topliss-reactive ketones (excluding diaryl/α,β-unsaturated/α-hetero) is 1. The molecule has 0 aliphatic carbocycles. The minimum absolute atomic E-state index is 0.0167. The third-order valence-corrected chi connectivity index (χ3v) is 5.25. The molecule has 3 aromatic carbocycles. The van der Waals surface area contributed by atoms with Crippen LogP contribution in [0, 0.1) is 0 Å². The van der Waals surface area contributed by atoms with E-state index in [4.69, 9.17) is 0 Å². The van der Waals surface area contributed by atoms with Crippen LogP contribution in [-0.4, -0.2) is 11.5 Å². The Kier molecular flexibility index (Phi) is 3.04. The highest BCUT2D eigenvalue weighted by Crippen LogP contribution is 2.41. The van der Waals surface area contributed by atoms with Crippen molar-refractivity contribution in [3.63, 3.8) is 0 Å². The molecule has 2 heteroatoms. The van der Waals surface area contributed by atoms with Crippen molar-refractivity contribution in [3.05, 3.63) is 77.9 Å². The van der Waals surface area contributed by atoms with Crippen molar-refractivity contribution in [2.45, 2.75) is 10.8 Å². The molecule has 0 saturated heterocycles. The number of hydrogen-bond acceptors (Lipinski definition) is 2. The van der Waals surface area contributed by atoms with Gasteiger partial charge in [0, 0.05) is 16.2 Å². The van der Waals surface area contributed by atoms with Crippen molar-refractivity contribution in [2.24, 2.45) is 0 Å². The highest BCUT2D eigenvalue weighted by molar-refractivity contribution is 7.99. The maximum Gasteiger partial charge on any atom is 0.171 e.